The Bertz CT molecular complexity index is 1030. The normalized spacial score (nSPS) is 36.0. The minimum Gasteiger partial charge on any atom is -0.447 e. The molecule has 1 aromatic carbocycles. The third-order valence-corrected chi connectivity index (χ3v) is 7.27. The molecule has 2 bridgehead atoms. The molecule has 0 radical (unpaired) electrons. The molecule has 5 unspecified atom stereocenters. The van der Waals surface area contributed by atoms with Crippen LogP contribution >= 0.6 is 11.6 Å². The van der Waals surface area contributed by atoms with E-state index in [1.54, 1.807) is 0 Å². The average molecular weight is 427 g/mol. The maximum atomic E-state index is 14.2. The second-order valence-electron chi connectivity index (χ2n) is 8.35. The van der Waals surface area contributed by atoms with Crippen LogP contribution in [0.3, 0.4) is 0 Å². The van der Waals surface area contributed by atoms with Crippen molar-refractivity contribution in [2.75, 3.05) is 0 Å². The summed E-state index contributed by atoms with van der Waals surface area (Å²) in [7, 11) is 0. The highest BCUT2D eigenvalue weighted by molar-refractivity contribution is 6.30. The highest BCUT2D eigenvalue weighted by atomic mass is 35.5. The van der Waals surface area contributed by atoms with Gasteiger partial charge >= 0.3 is 0 Å². The van der Waals surface area contributed by atoms with E-state index >= 15 is 0 Å². The lowest BCUT2D eigenvalue weighted by Gasteiger charge is -2.52. The van der Waals surface area contributed by atoms with Crippen LogP contribution in [-0.2, 0) is 9.47 Å². The van der Waals surface area contributed by atoms with Crippen molar-refractivity contribution in [1.29, 1.82) is 21.2 Å². The number of nitrogens with zero attached hydrogens (tertiary/aromatic N) is 3. The van der Waals surface area contributed by atoms with Gasteiger partial charge in [0.05, 0.1) is 29.1 Å². The Kier molecular flexibility index (Phi) is 4.77. The molecule has 1 aliphatic carbocycles. The van der Waals surface area contributed by atoms with Crippen LogP contribution < -0.4 is 0 Å². The van der Waals surface area contributed by atoms with Gasteiger partial charge in [0.2, 0.25) is 17.1 Å². The molecule has 3 fully saturated rings. The molecular formula is C22H20ClFN4O2. The zero-order valence-electron chi connectivity index (χ0n) is 16.4. The van der Waals surface area contributed by atoms with Gasteiger partial charge in [-0.2, -0.15) is 15.8 Å². The van der Waals surface area contributed by atoms with E-state index in [9.17, 15) is 20.2 Å². The van der Waals surface area contributed by atoms with Crippen LogP contribution in [0.2, 0.25) is 5.02 Å². The third kappa shape index (κ3) is 2.38. The lowest BCUT2D eigenvalue weighted by Crippen LogP contribution is -2.61. The molecule has 30 heavy (non-hydrogen) atoms. The van der Waals surface area contributed by atoms with Crippen molar-refractivity contribution >= 4 is 17.5 Å². The highest BCUT2D eigenvalue weighted by Crippen LogP contribution is 2.70. The number of halogens is 2. The van der Waals surface area contributed by atoms with E-state index in [0.29, 0.717) is 18.8 Å². The molecule has 1 aromatic rings. The van der Waals surface area contributed by atoms with Gasteiger partial charge in [-0.3, -0.25) is 5.41 Å². The molecule has 2 heterocycles. The standard InChI is InChI=1S/C22H20ClFN4O2/c1-2-3-13-6-7-22-17(8-13)21(12-27,19(28)30-22)20(10-25,11-26)18(29-22)14-4-5-15(23)16(24)9-14/h4-5,9,13,17-18,28H,2-3,6-8H2,1H3. The SMILES string of the molecule is CCCC1CCC23OC(=N)C(C#N)(C2C1)C(C#N)(C#N)C(c1ccc(Cl)c(F)c1)O3. The van der Waals surface area contributed by atoms with Crippen LogP contribution in [0.15, 0.2) is 18.2 Å². The minimum absolute atomic E-state index is 0.104. The third-order valence-electron chi connectivity index (χ3n) is 6.96. The van der Waals surface area contributed by atoms with Gasteiger partial charge in [-0.05, 0) is 36.5 Å². The van der Waals surface area contributed by atoms with Crippen molar-refractivity contribution in [1.82, 2.24) is 0 Å². The van der Waals surface area contributed by atoms with Crippen molar-refractivity contribution in [2.45, 2.75) is 50.9 Å². The summed E-state index contributed by atoms with van der Waals surface area (Å²) in [6, 6.07) is 10.0. The maximum Gasteiger partial charge on any atom is 0.217 e. The molecule has 2 aliphatic heterocycles. The first-order valence-corrected chi connectivity index (χ1v) is 10.4. The van der Waals surface area contributed by atoms with Gasteiger partial charge in [-0.1, -0.05) is 37.4 Å². The van der Waals surface area contributed by atoms with Gasteiger partial charge in [0.15, 0.2) is 5.41 Å². The number of nitrogens with one attached hydrogen (secondary N) is 1. The van der Waals surface area contributed by atoms with E-state index in [2.05, 4.69) is 13.0 Å². The number of benzene rings is 1. The Balaban J connectivity index is 1.93. The lowest BCUT2D eigenvalue weighted by atomic mass is 9.50. The van der Waals surface area contributed by atoms with Crippen molar-refractivity contribution in [3.05, 3.63) is 34.6 Å². The molecule has 1 saturated carbocycles. The quantitative estimate of drug-likeness (QED) is 0.729. The summed E-state index contributed by atoms with van der Waals surface area (Å²) in [5.74, 6) is -2.75. The van der Waals surface area contributed by atoms with Crippen LogP contribution in [0.25, 0.3) is 0 Å². The van der Waals surface area contributed by atoms with E-state index < -0.39 is 40.4 Å². The summed E-state index contributed by atoms with van der Waals surface area (Å²) in [5.41, 5.74) is -3.66. The van der Waals surface area contributed by atoms with Crippen LogP contribution in [0.1, 0.15) is 50.7 Å². The molecule has 6 nitrogen and oxygen atoms in total. The van der Waals surface area contributed by atoms with Gasteiger partial charge in [-0.15, -0.1) is 0 Å². The average Bonchev–Trinajstić information content (AvgIpc) is 2.94. The predicted octanol–water partition coefficient (Wildman–Crippen LogP) is 5.01. The molecule has 2 saturated heterocycles. The van der Waals surface area contributed by atoms with Crippen molar-refractivity contribution in [3.8, 4) is 18.2 Å². The van der Waals surface area contributed by atoms with E-state index in [1.807, 2.05) is 12.1 Å². The number of ether oxygens (including phenoxy) is 2. The zero-order chi connectivity index (χ0) is 21.7. The first kappa shape index (κ1) is 20.6. The molecule has 1 N–H and O–H groups in total. The summed E-state index contributed by atoms with van der Waals surface area (Å²) in [5, 5.41) is 39.2. The molecular weight excluding hydrogens is 407 g/mol. The molecule has 4 rings (SSSR count). The highest BCUT2D eigenvalue weighted by Gasteiger charge is 2.80. The Morgan fingerprint density at radius 2 is 2.00 bits per heavy atom. The zero-order valence-corrected chi connectivity index (χ0v) is 17.2. The molecule has 154 valence electrons. The Labute approximate surface area is 179 Å². The summed E-state index contributed by atoms with van der Waals surface area (Å²) in [6.07, 6.45) is 2.40. The smallest absolute Gasteiger partial charge is 0.217 e. The van der Waals surface area contributed by atoms with Crippen molar-refractivity contribution < 1.29 is 13.9 Å². The van der Waals surface area contributed by atoms with Crippen LogP contribution in [-0.4, -0.2) is 11.7 Å². The number of nitriles is 3. The second-order valence-corrected chi connectivity index (χ2v) is 8.75. The van der Waals surface area contributed by atoms with Crippen LogP contribution in [0.4, 0.5) is 4.39 Å². The Morgan fingerprint density at radius 3 is 2.60 bits per heavy atom. The summed E-state index contributed by atoms with van der Waals surface area (Å²) < 4.78 is 26.4. The van der Waals surface area contributed by atoms with Crippen molar-refractivity contribution in [3.63, 3.8) is 0 Å². The molecule has 0 amide bonds. The molecule has 5 atom stereocenters. The monoisotopic (exact) mass is 426 g/mol. The van der Waals surface area contributed by atoms with E-state index in [4.69, 9.17) is 26.5 Å². The van der Waals surface area contributed by atoms with Crippen LogP contribution in [0, 0.1) is 67.9 Å². The topological polar surface area (TPSA) is 114 Å². The fourth-order valence-electron chi connectivity index (χ4n) is 5.56. The Hall–Kier alpha value is -2.66. The number of rotatable bonds is 3. The van der Waals surface area contributed by atoms with Gasteiger partial charge in [0, 0.05) is 6.42 Å². The molecule has 3 aliphatic rings. The number of hydrogen-bond donors (Lipinski definition) is 1. The van der Waals surface area contributed by atoms with Crippen LogP contribution in [0.5, 0.6) is 0 Å². The lowest BCUT2D eigenvalue weighted by molar-refractivity contribution is -0.299. The Morgan fingerprint density at radius 1 is 1.27 bits per heavy atom. The first-order valence-electron chi connectivity index (χ1n) is 9.98. The van der Waals surface area contributed by atoms with Gasteiger partial charge in [-0.25, -0.2) is 4.39 Å². The first-order chi connectivity index (χ1) is 14.3. The summed E-state index contributed by atoms with van der Waals surface area (Å²) in [4.78, 5) is 0. The van der Waals surface area contributed by atoms with Crippen molar-refractivity contribution in [2.24, 2.45) is 22.7 Å². The van der Waals surface area contributed by atoms with Gasteiger partial charge < -0.3 is 9.47 Å². The second kappa shape index (κ2) is 6.95. The van der Waals surface area contributed by atoms with Gasteiger partial charge in [0.1, 0.15) is 11.9 Å². The molecule has 8 heteroatoms. The summed E-state index contributed by atoms with van der Waals surface area (Å²) in [6.45, 7) is 2.08. The molecule has 0 spiro atoms. The van der Waals surface area contributed by atoms with E-state index in [0.717, 1.165) is 25.3 Å². The van der Waals surface area contributed by atoms with E-state index in [-0.39, 0.29) is 10.6 Å². The minimum atomic E-state index is -2.07. The predicted molar refractivity (Wildman–Crippen MR) is 104 cm³/mol. The maximum absolute atomic E-state index is 14.2. The fraction of sp³-hybridized carbons (Fsp3) is 0.545. The number of hydrogen-bond acceptors (Lipinski definition) is 6. The van der Waals surface area contributed by atoms with Gasteiger partial charge in [0.25, 0.3) is 0 Å². The largest absolute Gasteiger partial charge is 0.447 e. The molecule has 0 aromatic heterocycles. The fourth-order valence-corrected chi connectivity index (χ4v) is 5.68. The summed E-state index contributed by atoms with van der Waals surface area (Å²) >= 11 is 5.80. The van der Waals surface area contributed by atoms with E-state index in [1.165, 1.54) is 12.1 Å².